The zero-order valence-electron chi connectivity index (χ0n) is 11.1. The summed E-state index contributed by atoms with van der Waals surface area (Å²) in [5.41, 5.74) is 5.32. The average Bonchev–Trinajstić information content (AvgIpc) is 2.28. The Balaban J connectivity index is 0.000000284. The van der Waals surface area contributed by atoms with Crippen LogP contribution < -0.4 is 0 Å². The van der Waals surface area contributed by atoms with Gasteiger partial charge in [-0.2, -0.15) is 0 Å². The molecule has 2 aromatic rings. The molecule has 0 saturated heterocycles. The molecule has 0 aliphatic heterocycles. The van der Waals surface area contributed by atoms with Gasteiger partial charge in [-0.15, -0.1) is 0 Å². The molecule has 92 valence electrons. The zero-order valence-corrected chi connectivity index (χ0v) is 11.1. The highest BCUT2D eigenvalue weighted by Crippen LogP contribution is 2.00. The van der Waals surface area contributed by atoms with Crippen LogP contribution in [0.5, 0.6) is 0 Å². The molecule has 0 bridgehead atoms. The first kappa shape index (κ1) is 15.4. The summed E-state index contributed by atoms with van der Waals surface area (Å²) in [4.78, 5) is 0. The van der Waals surface area contributed by atoms with Crippen LogP contribution in [0.15, 0.2) is 48.5 Å². The first-order valence-electron chi connectivity index (χ1n) is 5.64. The Kier molecular flexibility index (Phi) is 6.92. The van der Waals surface area contributed by atoms with Crippen molar-refractivity contribution < 1.29 is 5.48 Å². The topological polar surface area (TPSA) is 31.5 Å². The van der Waals surface area contributed by atoms with Gasteiger partial charge in [0.15, 0.2) is 0 Å². The minimum absolute atomic E-state index is 0. The highest BCUT2D eigenvalue weighted by atomic mass is 16.0. The van der Waals surface area contributed by atoms with Crippen LogP contribution >= 0.6 is 0 Å². The number of aryl methyl sites for hydroxylation is 4. The van der Waals surface area contributed by atoms with Crippen LogP contribution in [0.4, 0.5) is 0 Å². The number of rotatable bonds is 0. The molecule has 0 aliphatic rings. The Morgan fingerprint density at radius 3 is 0.647 bits per heavy atom. The molecule has 0 radical (unpaired) electrons. The molecule has 0 aromatic heterocycles. The Morgan fingerprint density at radius 2 is 0.529 bits per heavy atom. The maximum atomic E-state index is 2.12. The van der Waals surface area contributed by atoms with Crippen molar-refractivity contribution in [2.45, 2.75) is 27.7 Å². The summed E-state index contributed by atoms with van der Waals surface area (Å²) in [5, 5.41) is 0. The summed E-state index contributed by atoms with van der Waals surface area (Å²) in [6.45, 7) is 8.39. The van der Waals surface area contributed by atoms with Gasteiger partial charge in [0, 0.05) is 0 Å². The minimum atomic E-state index is 0. The van der Waals surface area contributed by atoms with Crippen molar-refractivity contribution in [1.29, 1.82) is 0 Å². The third kappa shape index (κ3) is 6.54. The fraction of sp³-hybridized carbons (Fsp3) is 0.250. The second-order valence-electron chi connectivity index (χ2n) is 4.31. The smallest absolute Gasteiger partial charge is 0.0398 e. The molecule has 2 rings (SSSR count). The van der Waals surface area contributed by atoms with E-state index in [1.54, 1.807) is 0 Å². The van der Waals surface area contributed by atoms with Gasteiger partial charge in [-0.3, -0.25) is 0 Å². The van der Waals surface area contributed by atoms with Crippen molar-refractivity contribution in [2.75, 3.05) is 0 Å². The highest BCUT2D eigenvalue weighted by molar-refractivity contribution is 5.20. The summed E-state index contributed by atoms with van der Waals surface area (Å²) < 4.78 is 0. The molecule has 0 amide bonds. The van der Waals surface area contributed by atoms with Crippen LogP contribution in [0.1, 0.15) is 22.3 Å². The standard InChI is InChI=1S/2C8H10.H2O/c2*1-7-3-5-8(2)6-4-7;/h2*3-6H,1-2H3;1H2. The monoisotopic (exact) mass is 230 g/mol. The van der Waals surface area contributed by atoms with Crippen molar-refractivity contribution in [3.8, 4) is 0 Å². The summed E-state index contributed by atoms with van der Waals surface area (Å²) in [5.74, 6) is 0. The van der Waals surface area contributed by atoms with E-state index in [0.29, 0.717) is 0 Å². The normalized spacial score (nSPS) is 8.71. The van der Waals surface area contributed by atoms with E-state index in [-0.39, 0.29) is 5.48 Å². The maximum absolute atomic E-state index is 2.12. The lowest BCUT2D eigenvalue weighted by atomic mass is 10.2. The van der Waals surface area contributed by atoms with E-state index in [1.807, 2.05) is 0 Å². The van der Waals surface area contributed by atoms with E-state index in [9.17, 15) is 0 Å². The molecule has 2 aromatic carbocycles. The summed E-state index contributed by atoms with van der Waals surface area (Å²) >= 11 is 0. The molecular formula is C16H22O. The molecule has 2 N–H and O–H groups in total. The molecule has 0 aliphatic carbocycles. The summed E-state index contributed by atoms with van der Waals surface area (Å²) in [6.07, 6.45) is 0. The first-order chi connectivity index (χ1) is 7.58. The van der Waals surface area contributed by atoms with Gasteiger partial charge in [-0.1, -0.05) is 70.8 Å². The molecule has 0 heterocycles. The van der Waals surface area contributed by atoms with Crippen LogP contribution in [-0.4, -0.2) is 5.48 Å². The van der Waals surface area contributed by atoms with Gasteiger partial charge in [0.2, 0.25) is 0 Å². The van der Waals surface area contributed by atoms with Gasteiger partial charge in [-0.05, 0) is 27.7 Å². The number of hydrogen-bond acceptors (Lipinski definition) is 0. The second kappa shape index (κ2) is 7.64. The van der Waals surface area contributed by atoms with E-state index in [0.717, 1.165) is 0 Å². The van der Waals surface area contributed by atoms with Gasteiger partial charge in [0.05, 0.1) is 0 Å². The van der Waals surface area contributed by atoms with Crippen molar-refractivity contribution >= 4 is 0 Å². The van der Waals surface area contributed by atoms with Gasteiger partial charge in [-0.25, -0.2) is 0 Å². The molecule has 1 heteroatoms. The first-order valence-corrected chi connectivity index (χ1v) is 5.64. The quantitative estimate of drug-likeness (QED) is 0.659. The van der Waals surface area contributed by atoms with Gasteiger partial charge >= 0.3 is 0 Å². The van der Waals surface area contributed by atoms with E-state index in [4.69, 9.17) is 0 Å². The molecule has 0 unspecified atom stereocenters. The van der Waals surface area contributed by atoms with E-state index < -0.39 is 0 Å². The van der Waals surface area contributed by atoms with Crippen LogP contribution in [0, 0.1) is 27.7 Å². The lowest BCUT2D eigenvalue weighted by Gasteiger charge is -1.90. The van der Waals surface area contributed by atoms with E-state index in [2.05, 4.69) is 76.2 Å². The number of benzene rings is 2. The summed E-state index contributed by atoms with van der Waals surface area (Å²) in [6, 6.07) is 17.0. The average molecular weight is 230 g/mol. The largest absolute Gasteiger partial charge is 0.412 e. The molecule has 1 nitrogen and oxygen atoms in total. The lowest BCUT2D eigenvalue weighted by molar-refractivity contribution is 0.824. The Morgan fingerprint density at radius 1 is 0.412 bits per heavy atom. The van der Waals surface area contributed by atoms with Crippen LogP contribution in [-0.2, 0) is 0 Å². The van der Waals surface area contributed by atoms with Gasteiger partial charge in [0.1, 0.15) is 0 Å². The van der Waals surface area contributed by atoms with Crippen molar-refractivity contribution in [1.82, 2.24) is 0 Å². The predicted octanol–water partition coefficient (Wildman–Crippen LogP) is 3.78. The fourth-order valence-electron chi connectivity index (χ4n) is 1.27. The highest BCUT2D eigenvalue weighted by Gasteiger charge is 1.80. The predicted molar refractivity (Wildman–Crippen MR) is 75.4 cm³/mol. The third-order valence-corrected chi connectivity index (χ3v) is 2.44. The Bertz CT molecular complexity index is 327. The van der Waals surface area contributed by atoms with Gasteiger partial charge < -0.3 is 5.48 Å². The van der Waals surface area contributed by atoms with Crippen molar-refractivity contribution in [3.05, 3.63) is 70.8 Å². The van der Waals surface area contributed by atoms with Gasteiger partial charge in [0.25, 0.3) is 0 Å². The fourth-order valence-corrected chi connectivity index (χ4v) is 1.27. The Hall–Kier alpha value is -1.60. The van der Waals surface area contributed by atoms with Crippen LogP contribution in [0.3, 0.4) is 0 Å². The Labute approximate surface area is 104 Å². The molecule has 0 spiro atoms. The van der Waals surface area contributed by atoms with E-state index in [1.165, 1.54) is 22.3 Å². The minimum Gasteiger partial charge on any atom is -0.412 e. The molecule has 0 atom stereocenters. The number of hydrogen-bond donors (Lipinski definition) is 0. The molecule has 0 saturated carbocycles. The summed E-state index contributed by atoms with van der Waals surface area (Å²) in [7, 11) is 0. The maximum Gasteiger partial charge on any atom is -0.0398 e. The van der Waals surface area contributed by atoms with Crippen molar-refractivity contribution in [2.24, 2.45) is 0 Å². The molecular weight excluding hydrogens is 208 g/mol. The van der Waals surface area contributed by atoms with Crippen LogP contribution in [0.2, 0.25) is 0 Å². The zero-order chi connectivity index (χ0) is 12.0. The molecule has 17 heavy (non-hydrogen) atoms. The molecule has 0 fully saturated rings. The third-order valence-electron chi connectivity index (χ3n) is 2.44. The second-order valence-corrected chi connectivity index (χ2v) is 4.31. The van der Waals surface area contributed by atoms with E-state index >= 15 is 0 Å². The lowest BCUT2D eigenvalue weighted by Crippen LogP contribution is -1.70. The van der Waals surface area contributed by atoms with Crippen LogP contribution in [0.25, 0.3) is 0 Å². The van der Waals surface area contributed by atoms with Crippen molar-refractivity contribution in [3.63, 3.8) is 0 Å². The SMILES string of the molecule is Cc1ccc(C)cc1.Cc1ccc(C)cc1.O.